The topological polar surface area (TPSA) is 27.7 Å². The van der Waals surface area contributed by atoms with Crippen LogP contribution in [0.2, 0.25) is 0 Å². The van der Waals surface area contributed by atoms with E-state index in [0.29, 0.717) is 13.2 Å². The van der Waals surface area contributed by atoms with Crippen LogP contribution in [0.4, 0.5) is 0 Å². The molecule has 0 bridgehead atoms. The lowest BCUT2D eigenvalue weighted by Gasteiger charge is -2.32. The Hall–Kier alpha value is 0.330. The molecule has 0 aromatic heterocycles. The van der Waals surface area contributed by atoms with Gasteiger partial charge in [0.25, 0.3) is 0 Å². The van der Waals surface area contributed by atoms with E-state index in [0.717, 1.165) is 14.7 Å². The van der Waals surface area contributed by atoms with Crippen molar-refractivity contribution in [2.24, 2.45) is 5.41 Å². The van der Waals surface area contributed by atoms with Crippen molar-refractivity contribution in [2.75, 3.05) is 13.2 Å². The lowest BCUT2D eigenvalue weighted by molar-refractivity contribution is 0.0425. The molecule has 0 aliphatic carbocycles. The number of benzene rings is 1. The van der Waals surface area contributed by atoms with E-state index in [1.54, 1.807) is 0 Å². The zero-order chi connectivity index (χ0) is 12.5. The SMILES string of the molecule is CC1(C)COP(Oc2c(Br)cccc2Br)OC1. The van der Waals surface area contributed by atoms with Crippen LogP contribution in [-0.2, 0) is 9.05 Å². The second kappa shape index (κ2) is 5.54. The van der Waals surface area contributed by atoms with Crippen LogP contribution in [0.5, 0.6) is 5.75 Å². The molecule has 0 spiro atoms. The van der Waals surface area contributed by atoms with Gasteiger partial charge in [0.1, 0.15) is 0 Å². The van der Waals surface area contributed by atoms with Crippen molar-refractivity contribution in [3.63, 3.8) is 0 Å². The van der Waals surface area contributed by atoms with Crippen LogP contribution in [0.1, 0.15) is 13.8 Å². The summed E-state index contributed by atoms with van der Waals surface area (Å²) in [5.74, 6) is 0.721. The zero-order valence-electron chi connectivity index (χ0n) is 9.57. The van der Waals surface area contributed by atoms with Crippen molar-refractivity contribution < 1.29 is 13.6 Å². The van der Waals surface area contributed by atoms with Crippen molar-refractivity contribution in [2.45, 2.75) is 13.8 Å². The molecule has 1 heterocycles. The highest BCUT2D eigenvalue weighted by molar-refractivity contribution is 9.11. The Bertz CT molecular complexity index is 381. The summed E-state index contributed by atoms with van der Waals surface area (Å²) in [4.78, 5) is 0. The maximum Gasteiger partial charge on any atom is 0.397 e. The predicted molar refractivity (Wildman–Crippen MR) is 75.1 cm³/mol. The largest absolute Gasteiger partial charge is 0.424 e. The minimum Gasteiger partial charge on any atom is -0.424 e. The first-order valence-corrected chi connectivity index (χ1v) is 7.84. The van der Waals surface area contributed by atoms with Crippen LogP contribution < -0.4 is 4.52 Å². The van der Waals surface area contributed by atoms with Gasteiger partial charge in [-0.15, -0.1) is 0 Å². The first-order chi connectivity index (χ1) is 7.98. The molecule has 1 saturated heterocycles. The lowest BCUT2D eigenvalue weighted by Crippen LogP contribution is -2.29. The van der Waals surface area contributed by atoms with Gasteiger partial charge in [-0.1, -0.05) is 19.9 Å². The molecule has 17 heavy (non-hydrogen) atoms. The highest BCUT2D eigenvalue weighted by Crippen LogP contribution is 2.49. The van der Waals surface area contributed by atoms with Gasteiger partial charge in [-0.05, 0) is 44.0 Å². The first kappa shape index (κ1) is 13.8. The van der Waals surface area contributed by atoms with Gasteiger partial charge in [0.05, 0.1) is 22.2 Å². The molecule has 1 aliphatic rings. The molecule has 1 aromatic carbocycles. The summed E-state index contributed by atoms with van der Waals surface area (Å²) in [5.41, 5.74) is 0.0628. The number of para-hydroxylation sites is 1. The predicted octanol–water partition coefficient (Wildman–Crippen LogP) is 4.89. The monoisotopic (exact) mass is 382 g/mol. The third-order valence-corrected chi connectivity index (χ3v) is 4.47. The van der Waals surface area contributed by atoms with Crippen LogP contribution >= 0.6 is 40.5 Å². The summed E-state index contributed by atoms with van der Waals surface area (Å²) in [5, 5.41) is 0. The summed E-state index contributed by atoms with van der Waals surface area (Å²) >= 11 is 6.88. The molecule has 3 nitrogen and oxygen atoms in total. The van der Waals surface area contributed by atoms with Crippen LogP contribution in [-0.4, -0.2) is 13.2 Å². The molecule has 1 aliphatic heterocycles. The van der Waals surface area contributed by atoms with Crippen LogP contribution in [0.3, 0.4) is 0 Å². The average molecular weight is 384 g/mol. The van der Waals surface area contributed by atoms with E-state index in [9.17, 15) is 0 Å². The lowest BCUT2D eigenvalue weighted by atomic mass is 9.97. The smallest absolute Gasteiger partial charge is 0.397 e. The fourth-order valence-corrected chi connectivity index (χ4v) is 4.08. The number of halogens is 2. The summed E-state index contributed by atoms with van der Waals surface area (Å²) in [6, 6.07) is 5.77. The highest BCUT2D eigenvalue weighted by atomic mass is 79.9. The quantitative estimate of drug-likeness (QED) is 0.680. The second-order valence-corrected chi connectivity index (χ2v) is 7.43. The Labute approximate surface area is 119 Å². The molecular weight excluding hydrogens is 371 g/mol. The Kier molecular flexibility index (Phi) is 4.48. The molecular formula is C11H13Br2O3P. The van der Waals surface area contributed by atoms with Crippen molar-refractivity contribution in [3.8, 4) is 5.75 Å². The van der Waals surface area contributed by atoms with E-state index in [-0.39, 0.29) is 5.41 Å². The minimum absolute atomic E-state index is 0.0628. The number of hydrogen-bond acceptors (Lipinski definition) is 3. The van der Waals surface area contributed by atoms with Gasteiger partial charge in [-0.25, -0.2) is 0 Å². The second-order valence-electron chi connectivity index (χ2n) is 4.58. The maximum absolute atomic E-state index is 5.74. The van der Waals surface area contributed by atoms with Gasteiger partial charge in [0, 0.05) is 5.41 Å². The average Bonchev–Trinajstić information content (AvgIpc) is 2.26. The van der Waals surface area contributed by atoms with E-state index in [1.807, 2.05) is 18.2 Å². The van der Waals surface area contributed by atoms with E-state index in [2.05, 4.69) is 45.7 Å². The molecule has 0 N–H and O–H groups in total. The molecule has 0 atom stereocenters. The Morgan fingerprint density at radius 1 is 1.18 bits per heavy atom. The summed E-state index contributed by atoms with van der Waals surface area (Å²) in [6.45, 7) is 5.52. The summed E-state index contributed by atoms with van der Waals surface area (Å²) in [7, 11) is -1.30. The third-order valence-electron chi connectivity index (χ3n) is 2.21. The number of rotatable bonds is 2. The zero-order valence-corrected chi connectivity index (χ0v) is 13.6. The van der Waals surface area contributed by atoms with Gasteiger partial charge in [0.2, 0.25) is 0 Å². The van der Waals surface area contributed by atoms with E-state index >= 15 is 0 Å². The van der Waals surface area contributed by atoms with Gasteiger partial charge in [-0.3, -0.25) is 0 Å². The minimum atomic E-state index is -1.30. The highest BCUT2D eigenvalue weighted by Gasteiger charge is 2.31. The summed E-state index contributed by atoms with van der Waals surface area (Å²) in [6.07, 6.45) is 0. The van der Waals surface area contributed by atoms with Crippen LogP contribution in [0, 0.1) is 5.41 Å². The van der Waals surface area contributed by atoms with Crippen molar-refractivity contribution in [1.29, 1.82) is 0 Å². The summed E-state index contributed by atoms with van der Waals surface area (Å²) < 4.78 is 18.7. The van der Waals surface area contributed by atoms with Gasteiger partial charge in [0.15, 0.2) is 5.75 Å². The third kappa shape index (κ3) is 3.65. The van der Waals surface area contributed by atoms with Crippen molar-refractivity contribution in [3.05, 3.63) is 27.1 Å². The van der Waals surface area contributed by atoms with Crippen molar-refractivity contribution >= 4 is 40.5 Å². The Morgan fingerprint density at radius 3 is 2.24 bits per heavy atom. The molecule has 0 saturated carbocycles. The van der Waals surface area contributed by atoms with Crippen LogP contribution in [0.15, 0.2) is 27.1 Å². The molecule has 2 rings (SSSR count). The van der Waals surface area contributed by atoms with Crippen molar-refractivity contribution in [1.82, 2.24) is 0 Å². The Balaban J connectivity index is 2.03. The molecule has 0 radical (unpaired) electrons. The molecule has 94 valence electrons. The molecule has 1 aromatic rings. The maximum atomic E-state index is 5.74. The molecule has 6 heteroatoms. The normalized spacial score (nSPS) is 20.2. The van der Waals surface area contributed by atoms with Crippen LogP contribution in [0.25, 0.3) is 0 Å². The number of hydrogen-bond donors (Lipinski definition) is 0. The first-order valence-electron chi connectivity index (χ1n) is 5.16. The fourth-order valence-electron chi connectivity index (χ4n) is 1.23. The standard InChI is InChI=1S/C11H13Br2O3P/c1-11(2)6-14-17(15-7-11)16-10-8(12)4-3-5-9(10)13/h3-5H,6-7H2,1-2H3. The molecule has 0 amide bonds. The van der Waals surface area contributed by atoms with Gasteiger partial charge in [-0.2, -0.15) is 0 Å². The molecule has 0 unspecified atom stereocenters. The Morgan fingerprint density at radius 2 is 1.71 bits per heavy atom. The van der Waals surface area contributed by atoms with E-state index in [1.165, 1.54) is 0 Å². The van der Waals surface area contributed by atoms with Gasteiger partial charge >= 0.3 is 8.60 Å². The van der Waals surface area contributed by atoms with E-state index in [4.69, 9.17) is 13.6 Å². The molecule has 1 fully saturated rings. The fraction of sp³-hybridized carbons (Fsp3) is 0.455. The van der Waals surface area contributed by atoms with E-state index < -0.39 is 8.60 Å². The van der Waals surface area contributed by atoms with Gasteiger partial charge < -0.3 is 13.6 Å².